The fourth-order valence-corrected chi connectivity index (χ4v) is 2.29. The first-order valence-corrected chi connectivity index (χ1v) is 6.18. The molecular weight excluding hydrogens is 220 g/mol. The summed E-state index contributed by atoms with van der Waals surface area (Å²) < 4.78 is 5.08. The van der Waals surface area contributed by atoms with E-state index < -0.39 is 0 Å². The minimum atomic E-state index is -0.385. The van der Waals surface area contributed by atoms with Crippen LogP contribution in [0.25, 0.3) is 0 Å². The average molecular weight is 242 g/mol. The van der Waals surface area contributed by atoms with Crippen molar-refractivity contribution in [1.82, 2.24) is 10.2 Å². The van der Waals surface area contributed by atoms with Gasteiger partial charge in [-0.2, -0.15) is 0 Å². The molecule has 0 saturated carbocycles. The van der Waals surface area contributed by atoms with Gasteiger partial charge in [-0.15, -0.1) is 0 Å². The van der Waals surface area contributed by atoms with E-state index in [2.05, 4.69) is 5.32 Å². The molecule has 5 heteroatoms. The number of nitrogens with zero attached hydrogens (tertiary/aromatic N) is 1. The number of amides is 2. The molecule has 0 aromatic carbocycles. The van der Waals surface area contributed by atoms with Crippen molar-refractivity contribution in [2.24, 2.45) is 0 Å². The van der Waals surface area contributed by atoms with Crippen LogP contribution in [-0.4, -0.2) is 48.6 Å². The summed E-state index contributed by atoms with van der Waals surface area (Å²) in [5, 5.41) is 2.77. The molecule has 0 aromatic rings. The van der Waals surface area contributed by atoms with Crippen LogP contribution >= 0.6 is 0 Å². The van der Waals surface area contributed by atoms with E-state index in [1.165, 1.54) is 0 Å². The van der Waals surface area contributed by atoms with E-state index in [-0.39, 0.29) is 29.9 Å². The summed E-state index contributed by atoms with van der Waals surface area (Å²) in [6, 6.07) is -0.822. The normalized spacial score (nSPS) is 26.9. The average Bonchev–Trinajstić information content (AvgIpc) is 2.31. The standard InChI is InChI=1S/C12H22N2O3/c1-5-9-12(16)14(8(3)7-17-4)10(6-2)11(15)13-9/h8-10H,5-7H2,1-4H3,(H,13,15). The Bertz CT molecular complexity index is 293. The highest BCUT2D eigenvalue weighted by Crippen LogP contribution is 2.18. The van der Waals surface area contributed by atoms with Crippen LogP contribution in [0.3, 0.4) is 0 Å². The van der Waals surface area contributed by atoms with Gasteiger partial charge in [0.15, 0.2) is 0 Å². The van der Waals surface area contributed by atoms with Crippen molar-refractivity contribution >= 4 is 11.8 Å². The van der Waals surface area contributed by atoms with E-state index in [1.807, 2.05) is 20.8 Å². The molecule has 3 unspecified atom stereocenters. The first-order valence-electron chi connectivity index (χ1n) is 6.18. The minimum absolute atomic E-state index is 0.00324. The minimum Gasteiger partial charge on any atom is -0.383 e. The monoisotopic (exact) mass is 242 g/mol. The molecule has 1 heterocycles. The summed E-state index contributed by atoms with van der Waals surface area (Å²) in [6.45, 7) is 6.17. The Morgan fingerprint density at radius 2 is 2.00 bits per heavy atom. The Labute approximate surface area is 102 Å². The third-order valence-corrected chi connectivity index (χ3v) is 3.19. The van der Waals surface area contributed by atoms with E-state index in [9.17, 15) is 9.59 Å². The fourth-order valence-electron chi connectivity index (χ4n) is 2.29. The van der Waals surface area contributed by atoms with Crippen LogP contribution in [-0.2, 0) is 14.3 Å². The molecule has 1 rings (SSSR count). The lowest BCUT2D eigenvalue weighted by molar-refractivity contribution is -0.153. The Hall–Kier alpha value is -1.10. The molecule has 3 atom stereocenters. The van der Waals surface area contributed by atoms with Gasteiger partial charge >= 0.3 is 0 Å². The van der Waals surface area contributed by atoms with Gasteiger partial charge in [0.05, 0.1) is 12.6 Å². The summed E-state index contributed by atoms with van der Waals surface area (Å²) in [7, 11) is 1.60. The molecule has 2 amide bonds. The number of piperazine rings is 1. The van der Waals surface area contributed by atoms with Gasteiger partial charge in [0.2, 0.25) is 11.8 Å². The highest BCUT2D eigenvalue weighted by Gasteiger charge is 2.40. The van der Waals surface area contributed by atoms with Gasteiger partial charge in [0, 0.05) is 7.11 Å². The molecule has 98 valence electrons. The number of nitrogens with one attached hydrogen (secondary N) is 1. The van der Waals surface area contributed by atoms with Crippen molar-refractivity contribution in [3.05, 3.63) is 0 Å². The van der Waals surface area contributed by atoms with Crippen LogP contribution in [0.1, 0.15) is 33.6 Å². The molecule has 5 nitrogen and oxygen atoms in total. The number of ether oxygens (including phenoxy) is 1. The quantitative estimate of drug-likeness (QED) is 0.765. The molecule has 0 aliphatic carbocycles. The van der Waals surface area contributed by atoms with Gasteiger partial charge in [-0.05, 0) is 19.8 Å². The van der Waals surface area contributed by atoms with Crippen LogP contribution in [0.4, 0.5) is 0 Å². The van der Waals surface area contributed by atoms with Crippen molar-refractivity contribution in [2.45, 2.75) is 51.7 Å². The second-order valence-corrected chi connectivity index (χ2v) is 4.44. The van der Waals surface area contributed by atoms with Crippen LogP contribution in [0.2, 0.25) is 0 Å². The number of carbonyl (C=O) groups excluding carboxylic acids is 2. The van der Waals surface area contributed by atoms with E-state index in [1.54, 1.807) is 12.0 Å². The predicted molar refractivity (Wildman–Crippen MR) is 64.5 cm³/mol. The van der Waals surface area contributed by atoms with Crippen molar-refractivity contribution in [1.29, 1.82) is 0 Å². The molecule has 0 spiro atoms. The van der Waals surface area contributed by atoms with E-state index in [0.717, 1.165) is 0 Å². The Morgan fingerprint density at radius 1 is 1.35 bits per heavy atom. The van der Waals surface area contributed by atoms with E-state index in [4.69, 9.17) is 4.74 Å². The number of rotatable bonds is 5. The lowest BCUT2D eigenvalue weighted by Gasteiger charge is -2.41. The summed E-state index contributed by atoms with van der Waals surface area (Å²) in [6.07, 6.45) is 1.25. The molecule has 1 fully saturated rings. The van der Waals surface area contributed by atoms with Crippen LogP contribution < -0.4 is 5.32 Å². The summed E-state index contributed by atoms with van der Waals surface area (Å²) >= 11 is 0. The Kier molecular flexibility index (Phi) is 4.93. The lowest BCUT2D eigenvalue weighted by Crippen LogP contribution is -2.65. The second kappa shape index (κ2) is 6.00. The summed E-state index contributed by atoms with van der Waals surface area (Å²) in [5.41, 5.74) is 0. The predicted octanol–water partition coefficient (Wildman–Crippen LogP) is 0.537. The maximum Gasteiger partial charge on any atom is 0.246 e. The zero-order chi connectivity index (χ0) is 13.0. The number of hydrogen-bond acceptors (Lipinski definition) is 3. The molecule has 0 bridgehead atoms. The van der Waals surface area contributed by atoms with Crippen molar-refractivity contribution < 1.29 is 14.3 Å². The Morgan fingerprint density at radius 3 is 2.47 bits per heavy atom. The highest BCUT2D eigenvalue weighted by molar-refractivity contribution is 5.97. The molecule has 1 saturated heterocycles. The lowest BCUT2D eigenvalue weighted by atomic mass is 10.0. The highest BCUT2D eigenvalue weighted by atomic mass is 16.5. The molecule has 1 aliphatic heterocycles. The Balaban J connectivity index is 2.92. The largest absolute Gasteiger partial charge is 0.383 e. The smallest absolute Gasteiger partial charge is 0.246 e. The molecule has 1 aliphatic rings. The molecule has 0 aromatic heterocycles. The first kappa shape index (κ1) is 14.0. The third kappa shape index (κ3) is 2.77. The van der Waals surface area contributed by atoms with Gasteiger partial charge in [-0.3, -0.25) is 9.59 Å². The van der Waals surface area contributed by atoms with Crippen molar-refractivity contribution in [3.8, 4) is 0 Å². The maximum atomic E-state index is 12.2. The van der Waals surface area contributed by atoms with Gasteiger partial charge in [0.25, 0.3) is 0 Å². The maximum absolute atomic E-state index is 12.2. The summed E-state index contributed by atoms with van der Waals surface area (Å²) in [4.78, 5) is 25.8. The number of carbonyl (C=O) groups is 2. The SMILES string of the molecule is CCC1NC(=O)C(CC)N(C(C)COC)C1=O. The van der Waals surface area contributed by atoms with Crippen LogP contribution in [0, 0.1) is 0 Å². The van der Waals surface area contributed by atoms with Crippen LogP contribution in [0.5, 0.6) is 0 Å². The van der Waals surface area contributed by atoms with E-state index in [0.29, 0.717) is 19.4 Å². The number of methoxy groups -OCH3 is 1. The van der Waals surface area contributed by atoms with Crippen LogP contribution in [0.15, 0.2) is 0 Å². The van der Waals surface area contributed by atoms with Gasteiger partial charge in [-0.25, -0.2) is 0 Å². The zero-order valence-electron chi connectivity index (χ0n) is 11.0. The topological polar surface area (TPSA) is 58.6 Å². The summed E-state index contributed by atoms with van der Waals surface area (Å²) in [5.74, 6) is -0.0506. The first-order chi connectivity index (χ1) is 8.06. The molecule has 1 N–H and O–H groups in total. The van der Waals surface area contributed by atoms with Crippen molar-refractivity contribution in [2.75, 3.05) is 13.7 Å². The molecular formula is C12H22N2O3. The molecule has 17 heavy (non-hydrogen) atoms. The second-order valence-electron chi connectivity index (χ2n) is 4.44. The number of hydrogen-bond donors (Lipinski definition) is 1. The van der Waals surface area contributed by atoms with E-state index >= 15 is 0 Å². The zero-order valence-corrected chi connectivity index (χ0v) is 11.0. The van der Waals surface area contributed by atoms with Gasteiger partial charge in [0.1, 0.15) is 12.1 Å². The fraction of sp³-hybridized carbons (Fsp3) is 0.833. The van der Waals surface area contributed by atoms with Crippen molar-refractivity contribution in [3.63, 3.8) is 0 Å². The molecule has 0 radical (unpaired) electrons. The van der Waals surface area contributed by atoms with Gasteiger partial charge in [-0.1, -0.05) is 13.8 Å². The van der Waals surface area contributed by atoms with Gasteiger partial charge < -0.3 is 15.0 Å². The third-order valence-electron chi connectivity index (χ3n) is 3.19.